The van der Waals surface area contributed by atoms with E-state index in [9.17, 15) is 18.7 Å². The molecule has 11 heteroatoms. The number of nitrogens with zero attached hydrogens (tertiary/aromatic N) is 3. The number of para-hydroxylation sites is 1. The summed E-state index contributed by atoms with van der Waals surface area (Å²) >= 11 is 0. The van der Waals surface area contributed by atoms with Gasteiger partial charge in [0, 0.05) is 32.7 Å². The first kappa shape index (κ1) is 29.4. The van der Waals surface area contributed by atoms with Gasteiger partial charge < -0.3 is 19.9 Å². The fourth-order valence-electron chi connectivity index (χ4n) is 4.82. The number of ether oxygens (including phenoxy) is 2. The molecule has 0 bridgehead atoms. The molecule has 0 spiro atoms. The molecule has 1 aliphatic rings. The molecule has 1 aromatic heterocycles. The second-order valence-electron chi connectivity index (χ2n) is 10.6. The summed E-state index contributed by atoms with van der Waals surface area (Å²) < 4.78 is 40.4. The largest absolute Gasteiger partial charge is 0.473 e. The average molecular weight is 558 g/mol. The maximum atomic E-state index is 14.1. The van der Waals surface area contributed by atoms with Crippen molar-refractivity contribution in [2.75, 3.05) is 45.3 Å². The van der Waals surface area contributed by atoms with Gasteiger partial charge in [0.2, 0.25) is 5.88 Å². The maximum absolute atomic E-state index is 14.1. The number of carbonyl (C=O) groups excluding carboxylic acids is 1. The predicted molar refractivity (Wildman–Crippen MR) is 148 cm³/mol. The topological polar surface area (TPSA) is 101 Å². The van der Waals surface area contributed by atoms with E-state index in [1.165, 1.54) is 6.07 Å². The number of anilines is 1. The van der Waals surface area contributed by atoms with Gasteiger partial charge in [0.15, 0.2) is 11.6 Å². The number of hydrogen-bond donors (Lipinski definition) is 3. The van der Waals surface area contributed by atoms with E-state index in [2.05, 4.69) is 20.6 Å². The van der Waals surface area contributed by atoms with Crippen molar-refractivity contribution in [3.8, 4) is 11.6 Å². The molecular weight excluding hydrogens is 520 g/mol. The smallest absolute Gasteiger partial charge is 0.320 e. The summed E-state index contributed by atoms with van der Waals surface area (Å²) in [4.78, 5) is 15.6. The molecule has 0 aliphatic carbocycles. The van der Waals surface area contributed by atoms with Crippen LogP contribution in [-0.2, 0) is 11.2 Å². The van der Waals surface area contributed by atoms with Gasteiger partial charge in [-0.3, -0.25) is 10.2 Å². The van der Waals surface area contributed by atoms with Crippen LogP contribution in [0.2, 0.25) is 0 Å². The Morgan fingerprint density at radius 3 is 2.55 bits per heavy atom. The number of nitrogens with one attached hydrogen (secondary N) is 2. The normalized spacial score (nSPS) is 17.7. The summed E-state index contributed by atoms with van der Waals surface area (Å²) in [5, 5.41) is 20.8. The van der Waals surface area contributed by atoms with Crippen LogP contribution in [0.3, 0.4) is 0 Å². The van der Waals surface area contributed by atoms with Crippen LogP contribution in [0, 0.1) is 11.6 Å². The highest BCUT2D eigenvalue weighted by atomic mass is 19.2. The standard InChI is InChI=1S/C29H37F2N5O4/c1-5-21-26(36(20-9-7-6-8-10-20)34-27(21)40-18-29(2,3)38)33-28(37)32-25-17-35(13-14-39-4)16-22(25)19-11-12-23(30)24(31)15-19/h6-12,15,22,25,38H,5,13-14,16-18H2,1-4H3,(H2,32,33,37). The number of carbonyl (C=O) groups is 1. The van der Waals surface area contributed by atoms with Crippen LogP contribution in [-0.4, -0.2) is 77.4 Å². The van der Waals surface area contributed by atoms with E-state index in [4.69, 9.17) is 9.47 Å². The Bertz CT molecular complexity index is 1300. The minimum Gasteiger partial charge on any atom is -0.473 e. The van der Waals surface area contributed by atoms with Gasteiger partial charge in [0.1, 0.15) is 12.4 Å². The number of benzene rings is 2. The summed E-state index contributed by atoms with van der Waals surface area (Å²) in [7, 11) is 1.62. The molecule has 40 heavy (non-hydrogen) atoms. The molecule has 0 saturated carbocycles. The number of likely N-dealkylation sites (tertiary alicyclic amines) is 1. The van der Waals surface area contributed by atoms with E-state index in [0.717, 1.165) is 11.8 Å². The van der Waals surface area contributed by atoms with Crippen LogP contribution in [0.5, 0.6) is 5.88 Å². The SMILES string of the molecule is CCc1c(OCC(C)(C)O)nn(-c2ccccc2)c1NC(=O)NC1CN(CCOC)CC1c1ccc(F)c(F)c1. The molecule has 4 rings (SSSR count). The Hall–Kier alpha value is -3.54. The number of amides is 2. The lowest BCUT2D eigenvalue weighted by atomic mass is 9.94. The number of halogens is 2. The van der Waals surface area contributed by atoms with Crippen LogP contribution in [0.4, 0.5) is 19.4 Å². The number of methoxy groups -OCH3 is 1. The molecule has 9 nitrogen and oxygen atoms in total. The fourth-order valence-corrected chi connectivity index (χ4v) is 4.82. The highest BCUT2D eigenvalue weighted by Gasteiger charge is 2.35. The van der Waals surface area contributed by atoms with Crippen LogP contribution in [0.15, 0.2) is 48.5 Å². The van der Waals surface area contributed by atoms with Gasteiger partial charge in [0.25, 0.3) is 0 Å². The molecule has 1 saturated heterocycles. The molecule has 2 heterocycles. The Morgan fingerprint density at radius 2 is 1.90 bits per heavy atom. The second-order valence-corrected chi connectivity index (χ2v) is 10.6. The molecule has 1 aliphatic heterocycles. The van der Waals surface area contributed by atoms with Gasteiger partial charge in [-0.25, -0.2) is 18.3 Å². The third-order valence-electron chi connectivity index (χ3n) is 6.79. The monoisotopic (exact) mass is 557 g/mol. The van der Waals surface area contributed by atoms with E-state index < -0.39 is 23.3 Å². The Balaban J connectivity index is 1.60. The third-order valence-corrected chi connectivity index (χ3v) is 6.79. The summed E-state index contributed by atoms with van der Waals surface area (Å²) in [5.41, 5.74) is 0.929. The van der Waals surface area contributed by atoms with E-state index >= 15 is 0 Å². The fraction of sp³-hybridized carbons (Fsp3) is 0.448. The van der Waals surface area contributed by atoms with Crippen molar-refractivity contribution in [1.29, 1.82) is 0 Å². The van der Waals surface area contributed by atoms with Crippen molar-refractivity contribution in [3.63, 3.8) is 0 Å². The summed E-state index contributed by atoms with van der Waals surface area (Å²) in [5.74, 6) is -1.34. The van der Waals surface area contributed by atoms with Crippen molar-refractivity contribution in [3.05, 3.63) is 71.3 Å². The van der Waals surface area contributed by atoms with Crippen LogP contribution < -0.4 is 15.4 Å². The van der Waals surface area contributed by atoms with Crippen molar-refractivity contribution < 1.29 is 28.2 Å². The van der Waals surface area contributed by atoms with E-state index in [-0.39, 0.29) is 18.6 Å². The predicted octanol–water partition coefficient (Wildman–Crippen LogP) is 4.10. The van der Waals surface area contributed by atoms with Crippen molar-refractivity contribution >= 4 is 11.8 Å². The number of aliphatic hydroxyl groups is 1. The molecule has 0 radical (unpaired) electrons. The third kappa shape index (κ3) is 7.15. The minimum absolute atomic E-state index is 0.0206. The molecule has 3 N–H and O–H groups in total. The number of urea groups is 1. The first-order valence-corrected chi connectivity index (χ1v) is 13.4. The molecule has 1 fully saturated rings. The minimum atomic E-state index is -1.07. The van der Waals surface area contributed by atoms with Gasteiger partial charge in [0.05, 0.1) is 29.5 Å². The molecular formula is C29H37F2N5O4. The van der Waals surface area contributed by atoms with Crippen molar-refractivity contribution in [1.82, 2.24) is 20.0 Å². The van der Waals surface area contributed by atoms with Crippen LogP contribution in [0.1, 0.15) is 37.8 Å². The Morgan fingerprint density at radius 1 is 1.15 bits per heavy atom. The number of aromatic nitrogens is 2. The zero-order valence-corrected chi connectivity index (χ0v) is 23.3. The summed E-state index contributed by atoms with van der Waals surface area (Å²) in [6, 6.07) is 12.4. The molecule has 216 valence electrons. The van der Waals surface area contributed by atoms with Crippen LogP contribution in [0.25, 0.3) is 5.69 Å². The van der Waals surface area contributed by atoms with Gasteiger partial charge >= 0.3 is 6.03 Å². The lowest BCUT2D eigenvalue weighted by Gasteiger charge is -2.21. The molecule has 2 unspecified atom stereocenters. The summed E-state index contributed by atoms with van der Waals surface area (Å²) in [6.45, 7) is 7.44. The van der Waals surface area contributed by atoms with Crippen molar-refractivity contribution in [2.45, 2.75) is 44.8 Å². The van der Waals surface area contributed by atoms with Gasteiger partial charge in [-0.1, -0.05) is 31.2 Å². The van der Waals surface area contributed by atoms with Crippen LogP contribution >= 0.6 is 0 Å². The van der Waals surface area contributed by atoms with Gasteiger partial charge in [-0.15, -0.1) is 5.10 Å². The first-order valence-electron chi connectivity index (χ1n) is 13.4. The first-order chi connectivity index (χ1) is 19.1. The zero-order valence-electron chi connectivity index (χ0n) is 23.3. The summed E-state index contributed by atoms with van der Waals surface area (Å²) in [6.07, 6.45) is 0.509. The molecule has 3 aromatic rings. The number of rotatable bonds is 11. The Kier molecular flexibility index (Phi) is 9.39. The highest BCUT2D eigenvalue weighted by molar-refractivity contribution is 5.90. The maximum Gasteiger partial charge on any atom is 0.320 e. The van der Waals surface area contributed by atoms with Crippen molar-refractivity contribution in [2.24, 2.45) is 0 Å². The van der Waals surface area contributed by atoms with Gasteiger partial charge in [-0.05, 0) is 50.1 Å². The van der Waals surface area contributed by atoms with E-state index in [1.807, 2.05) is 37.3 Å². The van der Waals surface area contributed by atoms with E-state index in [1.54, 1.807) is 31.7 Å². The zero-order chi connectivity index (χ0) is 28.9. The Labute approximate surface area is 233 Å². The highest BCUT2D eigenvalue weighted by Crippen LogP contribution is 2.32. The lowest BCUT2D eigenvalue weighted by molar-refractivity contribution is 0.0264. The number of hydrogen-bond acceptors (Lipinski definition) is 6. The second kappa shape index (κ2) is 12.8. The quantitative estimate of drug-likeness (QED) is 0.328. The lowest BCUT2D eigenvalue weighted by Crippen LogP contribution is -2.42. The molecule has 2 aromatic carbocycles. The molecule has 2 amide bonds. The van der Waals surface area contributed by atoms with E-state index in [0.29, 0.717) is 55.5 Å². The average Bonchev–Trinajstić information content (AvgIpc) is 3.48. The molecule has 2 atom stereocenters. The van der Waals surface area contributed by atoms with Gasteiger partial charge in [-0.2, -0.15) is 0 Å².